The van der Waals surface area contributed by atoms with E-state index in [1.54, 1.807) is 6.20 Å². The summed E-state index contributed by atoms with van der Waals surface area (Å²) in [4.78, 5) is 30.9. The molecule has 0 atom stereocenters. The van der Waals surface area contributed by atoms with Crippen LogP contribution in [-0.2, 0) is 0 Å². The van der Waals surface area contributed by atoms with Crippen LogP contribution in [-0.4, -0.2) is 63.5 Å². The van der Waals surface area contributed by atoms with Crippen LogP contribution in [0.2, 0.25) is 0 Å². The lowest BCUT2D eigenvalue weighted by Gasteiger charge is -2.35. The van der Waals surface area contributed by atoms with Gasteiger partial charge in [-0.25, -0.2) is 4.98 Å². The largest absolute Gasteiger partial charge is 0.504 e. The Morgan fingerprint density at radius 2 is 1.92 bits per heavy atom. The van der Waals surface area contributed by atoms with Gasteiger partial charge in [-0.1, -0.05) is 6.07 Å². The average Bonchev–Trinajstić information content (AvgIpc) is 2.65. The summed E-state index contributed by atoms with van der Waals surface area (Å²) < 4.78 is 0. The molecule has 1 saturated heterocycles. The van der Waals surface area contributed by atoms with E-state index in [-0.39, 0.29) is 17.9 Å². The van der Waals surface area contributed by atoms with Gasteiger partial charge in [0.05, 0.1) is 11.5 Å². The third kappa shape index (κ3) is 3.72. The lowest BCUT2D eigenvalue weighted by Crippen LogP contribution is -2.48. The first-order valence-corrected chi connectivity index (χ1v) is 8.07. The summed E-state index contributed by atoms with van der Waals surface area (Å²) in [6.07, 6.45) is 1.73. The molecule has 0 aliphatic carbocycles. The minimum atomic E-state index is -0.837. The topological polar surface area (TPSA) is 120 Å². The number of nitro groups is 1. The smallest absolute Gasteiger partial charge is 0.315 e. The van der Waals surface area contributed by atoms with E-state index in [9.17, 15) is 25.1 Å². The van der Waals surface area contributed by atoms with Crippen LogP contribution in [0.3, 0.4) is 0 Å². The molecular weight excluding hydrogens is 340 g/mol. The van der Waals surface area contributed by atoms with Crippen molar-refractivity contribution in [2.75, 3.05) is 37.6 Å². The standard InChI is InChI=1S/C17H18N4O5/c22-14-10-12(9-13(17(14)24)21(25)26)15(23)11-19-5-7-20(8-6-19)16-3-1-2-4-18-16/h1-4,9-10,22,24H,5-8,11H2. The molecular formula is C17H18N4O5. The maximum absolute atomic E-state index is 12.4. The molecule has 9 heteroatoms. The van der Waals surface area contributed by atoms with E-state index in [0.29, 0.717) is 26.2 Å². The van der Waals surface area contributed by atoms with Gasteiger partial charge >= 0.3 is 5.69 Å². The number of ketones is 1. The second-order valence-electron chi connectivity index (χ2n) is 5.99. The molecule has 0 saturated carbocycles. The number of hydrogen-bond acceptors (Lipinski definition) is 8. The van der Waals surface area contributed by atoms with Gasteiger partial charge in [-0.2, -0.15) is 0 Å². The van der Waals surface area contributed by atoms with Gasteiger partial charge in [0.2, 0.25) is 5.75 Å². The Bertz CT molecular complexity index is 819. The molecule has 0 unspecified atom stereocenters. The van der Waals surface area contributed by atoms with Crippen LogP contribution in [0.4, 0.5) is 11.5 Å². The van der Waals surface area contributed by atoms with Crippen molar-refractivity contribution in [1.82, 2.24) is 9.88 Å². The lowest BCUT2D eigenvalue weighted by molar-refractivity contribution is -0.386. The minimum absolute atomic E-state index is 0.000782. The molecule has 1 aliphatic heterocycles. The summed E-state index contributed by atoms with van der Waals surface area (Å²) in [6.45, 7) is 2.80. The molecule has 0 radical (unpaired) electrons. The number of phenolic OH excluding ortho intramolecular Hbond substituents is 2. The lowest BCUT2D eigenvalue weighted by atomic mass is 10.1. The number of carbonyl (C=O) groups excluding carboxylic acids is 1. The van der Waals surface area contributed by atoms with Gasteiger partial charge < -0.3 is 15.1 Å². The number of hydrogen-bond donors (Lipinski definition) is 2. The van der Waals surface area contributed by atoms with Crippen molar-refractivity contribution in [2.24, 2.45) is 0 Å². The van der Waals surface area contributed by atoms with E-state index in [1.165, 1.54) is 0 Å². The molecule has 26 heavy (non-hydrogen) atoms. The van der Waals surface area contributed by atoms with Gasteiger partial charge in [0, 0.05) is 44.0 Å². The van der Waals surface area contributed by atoms with Gasteiger partial charge in [-0.15, -0.1) is 0 Å². The minimum Gasteiger partial charge on any atom is -0.504 e. The van der Waals surface area contributed by atoms with Crippen LogP contribution >= 0.6 is 0 Å². The summed E-state index contributed by atoms with van der Waals surface area (Å²) >= 11 is 0. The Labute approximate surface area is 149 Å². The van der Waals surface area contributed by atoms with E-state index in [4.69, 9.17) is 0 Å². The van der Waals surface area contributed by atoms with E-state index >= 15 is 0 Å². The van der Waals surface area contributed by atoms with Crippen LogP contribution in [0.25, 0.3) is 0 Å². The van der Waals surface area contributed by atoms with Gasteiger partial charge in [0.15, 0.2) is 11.5 Å². The summed E-state index contributed by atoms with van der Waals surface area (Å²) in [5, 5.41) is 30.0. The first kappa shape index (κ1) is 17.6. The van der Waals surface area contributed by atoms with Crippen molar-refractivity contribution < 1.29 is 19.9 Å². The number of pyridine rings is 1. The van der Waals surface area contributed by atoms with Crippen LogP contribution in [0.1, 0.15) is 10.4 Å². The fourth-order valence-corrected chi connectivity index (χ4v) is 2.87. The first-order chi connectivity index (χ1) is 12.5. The molecule has 1 aromatic heterocycles. The number of benzene rings is 1. The second kappa shape index (κ2) is 7.36. The highest BCUT2D eigenvalue weighted by Gasteiger charge is 2.24. The summed E-state index contributed by atoms with van der Waals surface area (Å²) in [7, 11) is 0. The zero-order chi connectivity index (χ0) is 18.7. The number of anilines is 1. The molecule has 3 rings (SSSR count). The third-order valence-electron chi connectivity index (χ3n) is 4.30. The zero-order valence-electron chi connectivity index (χ0n) is 13.9. The Morgan fingerprint density at radius 3 is 2.54 bits per heavy atom. The van der Waals surface area contributed by atoms with E-state index in [2.05, 4.69) is 9.88 Å². The summed E-state index contributed by atoms with van der Waals surface area (Å²) in [6, 6.07) is 7.74. The number of nitrogens with zero attached hydrogens (tertiary/aromatic N) is 4. The van der Waals surface area contributed by atoms with Crippen LogP contribution < -0.4 is 4.90 Å². The van der Waals surface area contributed by atoms with Crippen molar-refractivity contribution >= 4 is 17.3 Å². The number of rotatable bonds is 5. The molecule has 2 aromatic rings. The SMILES string of the molecule is O=C(CN1CCN(c2ccccn2)CC1)c1cc(O)c(O)c([N+](=O)[O-])c1. The number of phenols is 2. The molecule has 0 spiro atoms. The van der Waals surface area contributed by atoms with Gasteiger partial charge in [-0.3, -0.25) is 19.8 Å². The normalized spacial score (nSPS) is 15.0. The molecule has 0 amide bonds. The number of aromatic hydroxyl groups is 2. The maximum Gasteiger partial charge on any atom is 0.315 e. The average molecular weight is 358 g/mol. The van der Waals surface area contributed by atoms with E-state index in [1.807, 2.05) is 23.1 Å². The first-order valence-electron chi connectivity index (χ1n) is 8.07. The van der Waals surface area contributed by atoms with Crippen molar-refractivity contribution in [3.8, 4) is 11.5 Å². The second-order valence-corrected chi connectivity index (χ2v) is 5.99. The monoisotopic (exact) mass is 358 g/mol. The quantitative estimate of drug-likeness (QED) is 0.356. The molecule has 2 N–H and O–H groups in total. The van der Waals surface area contributed by atoms with E-state index in [0.717, 1.165) is 18.0 Å². The predicted molar refractivity (Wildman–Crippen MR) is 93.6 cm³/mol. The number of piperazine rings is 1. The molecule has 2 heterocycles. The number of nitro benzene ring substituents is 1. The highest BCUT2D eigenvalue weighted by molar-refractivity contribution is 5.99. The number of aromatic nitrogens is 1. The Hall–Kier alpha value is -3.20. The molecule has 9 nitrogen and oxygen atoms in total. The van der Waals surface area contributed by atoms with Crippen LogP contribution in [0, 0.1) is 10.1 Å². The maximum atomic E-state index is 12.4. The fourth-order valence-electron chi connectivity index (χ4n) is 2.87. The van der Waals surface area contributed by atoms with E-state index < -0.39 is 22.1 Å². The Kier molecular flexibility index (Phi) is 4.99. The van der Waals surface area contributed by atoms with Gasteiger partial charge in [0.25, 0.3) is 0 Å². The Morgan fingerprint density at radius 1 is 1.19 bits per heavy atom. The fraction of sp³-hybridized carbons (Fsp3) is 0.294. The zero-order valence-corrected chi connectivity index (χ0v) is 13.9. The number of Topliss-reactive ketones (excluding diaryl/α,β-unsaturated/α-hetero) is 1. The van der Waals surface area contributed by atoms with Crippen molar-refractivity contribution in [3.63, 3.8) is 0 Å². The third-order valence-corrected chi connectivity index (χ3v) is 4.30. The van der Waals surface area contributed by atoms with Crippen LogP contribution in [0.5, 0.6) is 11.5 Å². The highest BCUT2D eigenvalue weighted by atomic mass is 16.6. The van der Waals surface area contributed by atoms with Crippen molar-refractivity contribution in [2.45, 2.75) is 0 Å². The predicted octanol–water partition coefficient (Wildman–Crippen LogP) is 1.41. The van der Waals surface area contributed by atoms with Crippen molar-refractivity contribution in [1.29, 1.82) is 0 Å². The summed E-state index contributed by atoms with van der Waals surface area (Å²) in [5.41, 5.74) is -0.688. The van der Waals surface area contributed by atoms with Crippen LogP contribution in [0.15, 0.2) is 36.5 Å². The Balaban J connectivity index is 1.64. The molecule has 1 fully saturated rings. The highest BCUT2D eigenvalue weighted by Crippen LogP contribution is 2.36. The molecule has 1 aliphatic rings. The molecule has 1 aromatic carbocycles. The van der Waals surface area contributed by atoms with Gasteiger partial charge in [-0.05, 0) is 18.2 Å². The number of carbonyl (C=O) groups is 1. The van der Waals surface area contributed by atoms with Crippen molar-refractivity contribution in [3.05, 3.63) is 52.2 Å². The molecule has 0 bridgehead atoms. The molecule has 136 valence electrons. The summed E-state index contributed by atoms with van der Waals surface area (Å²) in [5.74, 6) is -0.981. The van der Waals surface area contributed by atoms with Gasteiger partial charge in [0.1, 0.15) is 5.82 Å².